The van der Waals surface area contributed by atoms with Crippen molar-refractivity contribution in [2.75, 3.05) is 0 Å². The SMILES string of the molecule is C/C=C(\C)n1nc(CC(C(=O)O)c2cccc(C)c2)cc1-c1ccc(Cl)c(Cl)c1. The zero-order valence-electron chi connectivity index (χ0n) is 16.5. The van der Waals surface area contributed by atoms with E-state index in [2.05, 4.69) is 5.10 Å². The molecule has 1 aromatic heterocycles. The first kappa shape index (κ1) is 21.2. The first-order valence-electron chi connectivity index (χ1n) is 9.27. The van der Waals surface area contributed by atoms with Gasteiger partial charge in [-0.05, 0) is 44.5 Å². The molecule has 150 valence electrons. The van der Waals surface area contributed by atoms with Crippen LogP contribution in [0.25, 0.3) is 17.0 Å². The Morgan fingerprint density at radius 3 is 2.55 bits per heavy atom. The molecule has 0 amide bonds. The topological polar surface area (TPSA) is 55.1 Å². The molecular formula is C23H22Cl2N2O2. The van der Waals surface area contributed by atoms with Gasteiger partial charge in [0.1, 0.15) is 0 Å². The van der Waals surface area contributed by atoms with Gasteiger partial charge in [-0.25, -0.2) is 4.68 Å². The summed E-state index contributed by atoms with van der Waals surface area (Å²) in [6.07, 6.45) is 2.24. The fraction of sp³-hybridized carbons (Fsp3) is 0.217. The van der Waals surface area contributed by atoms with Crippen molar-refractivity contribution in [3.05, 3.63) is 81.5 Å². The minimum Gasteiger partial charge on any atom is -0.481 e. The Hall–Kier alpha value is -2.56. The number of benzene rings is 2. The average molecular weight is 429 g/mol. The molecule has 3 rings (SSSR count). The van der Waals surface area contributed by atoms with Crippen molar-refractivity contribution in [1.82, 2.24) is 9.78 Å². The van der Waals surface area contributed by atoms with E-state index in [9.17, 15) is 9.90 Å². The Labute approximate surface area is 180 Å². The highest BCUT2D eigenvalue weighted by atomic mass is 35.5. The molecule has 0 spiro atoms. The lowest BCUT2D eigenvalue weighted by Gasteiger charge is -2.12. The van der Waals surface area contributed by atoms with Gasteiger partial charge in [-0.2, -0.15) is 5.10 Å². The Balaban J connectivity index is 2.04. The van der Waals surface area contributed by atoms with Crippen molar-refractivity contribution in [3.63, 3.8) is 0 Å². The minimum atomic E-state index is -0.871. The number of halogens is 2. The van der Waals surface area contributed by atoms with Gasteiger partial charge in [0.2, 0.25) is 0 Å². The third kappa shape index (κ3) is 4.72. The summed E-state index contributed by atoms with van der Waals surface area (Å²) in [5.41, 5.74) is 5.12. The molecule has 1 N–H and O–H groups in total. The number of allylic oxidation sites excluding steroid dienone is 2. The van der Waals surface area contributed by atoms with Crippen LogP contribution >= 0.6 is 23.2 Å². The van der Waals surface area contributed by atoms with Gasteiger partial charge in [-0.3, -0.25) is 4.79 Å². The number of hydrogen-bond donors (Lipinski definition) is 1. The van der Waals surface area contributed by atoms with Gasteiger partial charge < -0.3 is 5.11 Å². The molecule has 0 bridgehead atoms. The van der Waals surface area contributed by atoms with Gasteiger partial charge in [-0.15, -0.1) is 0 Å². The van der Waals surface area contributed by atoms with Crippen LogP contribution in [-0.4, -0.2) is 20.9 Å². The average Bonchev–Trinajstić information content (AvgIpc) is 3.11. The van der Waals surface area contributed by atoms with Gasteiger partial charge in [0.25, 0.3) is 0 Å². The lowest BCUT2D eigenvalue weighted by Crippen LogP contribution is -2.15. The molecule has 0 aliphatic heterocycles. The second-order valence-electron chi connectivity index (χ2n) is 7.00. The Morgan fingerprint density at radius 1 is 1.17 bits per heavy atom. The number of carboxylic acid groups (broad SMARTS) is 1. The summed E-state index contributed by atoms with van der Waals surface area (Å²) in [6, 6.07) is 14.9. The fourth-order valence-electron chi connectivity index (χ4n) is 3.23. The molecule has 0 radical (unpaired) electrons. The van der Waals surface area contributed by atoms with E-state index >= 15 is 0 Å². The molecule has 1 unspecified atom stereocenters. The molecule has 0 fully saturated rings. The van der Waals surface area contributed by atoms with Crippen LogP contribution in [0.4, 0.5) is 0 Å². The van der Waals surface area contributed by atoms with Crippen LogP contribution in [0, 0.1) is 6.92 Å². The van der Waals surface area contributed by atoms with E-state index in [4.69, 9.17) is 23.2 Å². The number of rotatable bonds is 6. The second kappa shape index (κ2) is 8.85. The van der Waals surface area contributed by atoms with Gasteiger partial charge in [0.15, 0.2) is 0 Å². The van der Waals surface area contributed by atoms with Crippen molar-refractivity contribution >= 4 is 34.9 Å². The van der Waals surface area contributed by atoms with E-state index < -0.39 is 11.9 Å². The monoisotopic (exact) mass is 428 g/mol. The molecule has 0 aliphatic carbocycles. The van der Waals surface area contributed by atoms with Gasteiger partial charge in [0.05, 0.1) is 27.4 Å². The number of aromatic nitrogens is 2. The first-order valence-corrected chi connectivity index (χ1v) is 10.0. The van der Waals surface area contributed by atoms with E-state index in [1.54, 1.807) is 12.1 Å². The summed E-state index contributed by atoms with van der Waals surface area (Å²) in [4.78, 5) is 12.0. The largest absolute Gasteiger partial charge is 0.481 e. The number of aliphatic carboxylic acids is 1. The third-order valence-corrected chi connectivity index (χ3v) is 5.62. The van der Waals surface area contributed by atoms with Crippen molar-refractivity contribution in [1.29, 1.82) is 0 Å². The molecular weight excluding hydrogens is 407 g/mol. The van der Waals surface area contributed by atoms with Crippen molar-refractivity contribution < 1.29 is 9.90 Å². The van der Waals surface area contributed by atoms with E-state index in [1.807, 2.05) is 67.9 Å². The summed E-state index contributed by atoms with van der Waals surface area (Å²) in [7, 11) is 0. The Bertz CT molecular complexity index is 1090. The van der Waals surface area contributed by atoms with Crippen LogP contribution in [0.2, 0.25) is 10.0 Å². The van der Waals surface area contributed by atoms with E-state index in [0.717, 1.165) is 28.1 Å². The second-order valence-corrected chi connectivity index (χ2v) is 7.82. The Morgan fingerprint density at radius 2 is 1.93 bits per heavy atom. The van der Waals surface area contributed by atoms with Crippen molar-refractivity contribution in [3.8, 4) is 11.3 Å². The maximum absolute atomic E-state index is 12.0. The summed E-state index contributed by atoms with van der Waals surface area (Å²) in [5.74, 6) is -1.55. The highest BCUT2D eigenvalue weighted by molar-refractivity contribution is 6.42. The van der Waals surface area contributed by atoms with Crippen LogP contribution in [0.1, 0.15) is 36.6 Å². The third-order valence-electron chi connectivity index (χ3n) is 4.88. The molecule has 1 heterocycles. The fourth-order valence-corrected chi connectivity index (χ4v) is 3.52. The number of nitrogens with zero attached hydrogens (tertiary/aromatic N) is 2. The molecule has 3 aromatic rings. The summed E-state index contributed by atoms with van der Waals surface area (Å²) in [6.45, 7) is 5.84. The molecule has 2 aromatic carbocycles. The van der Waals surface area contributed by atoms with Crippen LogP contribution in [0.15, 0.2) is 54.6 Å². The minimum absolute atomic E-state index is 0.289. The maximum atomic E-state index is 12.0. The number of carboxylic acids is 1. The maximum Gasteiger partial charge on any atom is 0.311 e. The number of hydrogen-bond acceptors (Lipinski definition) is 2. The molecule has 6 heteroatoms. The smallest absolute Gasteiger partial charge is 0.311 e. The Kier molecular flexibility index (Phi) is 6.46. The molecule has 4 nitrogen and oxygen atoms in total. The van der Waals surface area contributed by atoms with Crippen LogP contribution in [0.5, 0.6) is 0 Å². The van der Waals surface area contributed by atoms with Gasteiger partial charge >= 0.3 is 5.97 Å². The quantitative estimate of drug-likeness (QED) is 0.490. The summed E-state index contributed by atoms with van der Waals surface area (Å²) < 4.78 is 1.81. The summed E-state index contributed by atoms with van der Waals surface area (Å²) in [5, 5.41) is 15.4. The first-order chi connectivity index (χ1) is 13.8. The van der Waals surface area contributed by atoms with Gasteiger partial charge in [0, 0.05) is 17.7 Å². The van der Waals surface area contributed by atoms with Crippen molar-refractivity contribution in [2.24, 2.45) is 0 Å². The molecule has 0 saturated carbocycles. The lowest BCUT2D eigenvalue weighted by molar-refractivity contribution is -0.138. The van der Waals surface area contributed by atoms with Gasteiger partial charge in [-0.1, -0.05) is 65.2 Å². The summed E-state index contributed by atoms with van der Waals surface area (Å²) >= 11 is 12.3. The zero-order valence-corrected chi connectivity index (χ0v) is 18.0. The molecule has 0 aliphatic rings. The normalized spacial score (nSPS) is 12.8. The van der Waals surface area contributed by atoms with E-state index in [1.165, 1.54) is 0 Å². The number of carbonyl (C=O) groups is 1. The predicted molar refractivity (Wildman–Crippen MR) is 119 cm³/mol. The highest BCUT2D eigenvalue weighted by Crippen LogP contribution is 2.31. The molecule has 1 atom stereocenters. The zero-order chi connectivity index (χ0) is 21.1. The molecule has 29 heavy (non-hydrogen) atoms. The standard InChI is InChI=1S/C23H22Cl2N2O2/c1-4-15(3)27-22(17-8-9-20(24)21(25)11-17)13-18(26-27)12-19(23(28)29)16-7-5-6-14(2)10-16/h4-11,13,19H,12H2,1-3H3,(H,28,29)/b15-4+. The predicted octanol–water partition coefficient (Wildman–Crippen LogP) is 6.46. The van der Waals surface area contributed by atoms with E-state index in [0.29, 0.717) is 15.7 Å². The highest BCUT2D eigenvalue weighted by Gasteiger charge is 2.23. The lowest BCUT2D eigenvalue weighted by atomic mass is 9.93. The van der Waals surface area contributed by atoms with Crippen LogP contribution in [0.3, 0.4) is 0 Å². The van der Waals surface area contributed by atoms with Crippen LogP contribution in [-0.2, 0) is 11.2 Å². The van der Waals surface area contributed by atoms with Crippen LogP contribution < -0.4 is 0 Å². The molecule has 0 saturated heterocycles. The number of aryl methyl sites for hydroxylation is 1. The van der Waals surface area contributed by atoms with Crippen molar-refractivity contribution in [2.45, 2.75) is 33.1 Å². The van der Waals surface area contributed by atoms with E-state index in [-0.39, 0.29) is 6.42 Å².